The standard InChI is InChI=1S/C17H21ClN2O/c18-14-7-6-13(15-12(14)5-4-10-20-15)16(21)17(11-19)8-2-1-3-9-17/h4-7,10,16,21H,1-3,8-9,11,19H2. The molecule has 1 unspecified atom stereocenters. The van der Waals surface area contributed by atoms with Crippen LogP contribution >= 0.6 is 11.6 Å². The monoisotopic (exact) mass is 304 g/mol. The van der Waals surface area contributed by atoms with Gasteiger partial charge in [-0.1, -0.05) is 36.9 Å². The van der Waals surface area contributed by atoms with Crippen molar-refractivity contribution in [1.29, 1.82) is 0 Å². The third-order valence-corrected chi connectivity index (χ3v) is 5.21. The van der Waals surface area contributed by atoms with Gasteiger partial charge in [-0.3, -0.25) is 4.98 Å². The maximum Gasteiger partial charge on any atom is 0.0879 e. The number of aliphatic hydroxyl groups excluding tert-OH is 1. The fourth-order valence-electron chi connectivity index (χ4n) is 3.56. The van der Waals surface area contributed by atoms with Crippen LogP contribution in [0.4, 0.5) is 0 Å². The van der Waals surface area contributed by atoms with Crippen LogP contribution in [0.25, 0.3) is 10.9 Å². The van der Waals surface area contributed by atoms with Crippen molar-refractivity contribution in [2.75, 3.05) is 6.54 Å². The van der Waals surface area contributed by atoms with E-state index in [1.54, 1.807) is 6.20 Å². The second kappa shape index (κ2) is 5.91. The molecule has 0 saturated heterocycles. The van der Waals surface area contributed by atoms with Crippen LogP contribution in [0.1, 0.15) is 43.8 Å². The average Bonchev–Trinajstić information content (AvgIpc) is 2.55. The molecule has 0 spiro atoms. The zero-order valence-corrected chi connectivity index (χ0v) is 12.8. The van der Waals surface area contributed by atoms with Crippen molar-refractivity contribution in [2.24, 2.45) is 11.1 Å². The van der Waals surface area contributed by atoms with Crippen LogP contribution in [0.5, 0.6) is 0 Å². The zero-order chi connectivity index (χ0) is 14.9. The normalized spacial score (nSPS) is 19.6. The van der Waals surface area contributed by atoms with E-state index in [9.17, 15) is 5.11 Å². The minimum atomic E-state index is -0.586. The average molecular weight is 305 g/mol. The van der Waals surface area contributed by atoms with Gasteiger partial charge in [0.2, 0.25) is 0 Å². The highest BCUT2D eigenvalue weighted by molar-refractivity contribution is 6.35. The molecule has 1 aliphatic carbocycles. The number of nitrogens with zero attached hydrogens (tertiary/aromatic N) is 1. The van der Waals surface area contributed by atoms with Crippen LogP contribution in [0.15, 0.2) is 30.5 Å². The molecule has 1 atom stereocenters. The zero-order valence-electron chi connectivity index (χ0n) is 12.1. The Kier molecular flexibility index (Phi) is 4.16. The molecule has 1 aliphatic rings. The van der Waals surface area contributed by atoms with Gasteiger partial charge >= 0.3 is 0 Å². The molecule has 0 bridgehead atoms. The van der Waals surface area contributed by atoms with Gasteiger partial charge in [0.1, 0.15) is 0 Å². The van der Waals surface area contributed by atoms with E-state index >= 15 is 0 Å². The minimum Gasteiger partial charge on any atom is -0.388 e. The van der Waals surface area contributed by atoms with Gasteiger partial charge in [0.25, 0.3) is 0 Å². The summed E-state index contributed by atoms with van der Waals surface area (Å²) in [7, 11) is 0. The van der Waals surface area contributed by atoms with Crippen LogP contribution < -0.4 is 5.73 Å². The maximum atomic E-state index is 11.0. The first-order valence-corrected chi connectivity index (χ1v) is 7.97. The lowest BCUT2D eigenvalue weighted by Crippen LogP contribution is -2.38. The summed E-state index contributed by atoms with van der Waals surface area (Å²) in [4.78, 5) is 4.44. The number of aliphatic hydroxyl groups is 1. The molecule has 1 saturated carbocycles. The van der Waals surface area contributed by atoms with Gasteiger partial charge in [-0.2, -0.15) is 0 Å². The van der Waals surface area contributed by atoms with Gasteiger partial charge in [0.05, 0.1) is 11.6 Å². The third kappa shape index (κ3) is 2.54. The molecule has 1 aromatic carbocycles. The van der Waals surface area contributed by atoms with E-state index in [0.717, 1.165) is 42.1 Å². The van der Waals surface area contributed by atoms with Crippen LogP contribution in [0.3, 0.4) is 0 Å². The van der Waals surface area contributed by atoms with Gasteiger partial charge in [-0.25, -0.2) is 0 Å². The highest BCUT2D eigenvalue weighted by Crippen LogP contribution is 2.46. The largest absolute Gasteiger partial charge is 0.388 e. The highest BCUT2D eigenvalue weighted by atomic mass is 35.5. The molecular weight excluding hydrogens is 284 g/mol. The predicted octanol–water partition coefficient (Wildman–Crippen LogP) is 3.83. The fraction of sp³-hybridized carbons (Fsp3) is 0.471. The van der Waals surface area contributed by atoms with E-state index in [0.29, 0.717) is 11.6 Å². The van der Waals surface area contributed by atoms with E-state index < -0.39 is 6.10 Å². The summed E-state index contributed by atoms with van der Waals surface area (Å²) in [5.74, 6) is 0. The van der Waals surface area contributed by atoms with Crippen molar-refractivity contribution < 1.29 is 5.11 Å². The molecule has 1 aromatic heterocycles. The van der Waals surface area contributed by atoms with Crippen molar-refractivity contribution in [3.05, 3.63) is 41.0 Å². The highest BCUT2D eigenvalue weighted by Gasteiger charge is 2.39. The lowest BCUT2D eigenvalue weighted by Gasteiger charge is -2.40. The SMILES string of the molecule is NCC1(C(O)c2ccc(Cl)c3cccnc23)CCCCC1. The van der Waals surface area contributed by atoms with Gasteiger partial charge in [0.15, 0.2) is 0 Å². The molecule has 21 heavy (non-hydrogen) atoms. The Morgan fingerprint density at radius 3 is 2.71 bits per heavy atom. The minimum absolute atomic E-state index is 0.226. The van der Waals surface area contributed by atoms with E-state index in [4.69, 9.17) is 17.3 Å². The van der Waals surface area contributed by atoms with Gasteiger partial charge in [-0.15, -0.1) is 0 Å². The molecule has 0 radical (unpaired) electrons. The smallest absolute Gasteiger partial charge is 0.0879 e. The molecule has 3 rings (SSSR count). The number of pyridine rings is 1. The maximum absolute atomic E-state index is 11.0. The molecule has 4 heteroatoms. The molecule has 3 nitrogen and oxygen atoms in total. The number of halogens is 1. The van der Waals surface area contributed by atoms with E-state index in [1.165, 1.54) is 6.42 Å². The molecular formula is C17H21ClN2O. The molecule has 2 aromatic rings. The van der Waals surface area contributed by atoms with Crippen molar-refractivity contribution in [1.82, 2.24) is 4.98 Å². The predicted molar refractivity (Wildman–Crippen MR) is 86.3 cm³/mol. The van der Waals surface area contributed by atoms with Crippen molar-refractivity contribution in [2.45, 2.75) is 38.2 Å². The van der Waals surface area contributed by atoms with E-state index in [1.807, 2.05) is 24.3 Å². The Balaban J connectivity index is 2.09. The quantitative estimate of drug-likeness (QED) is 0.906. The summed E-state index contributed by atoms with van der Waals surface area (Å²) in [5, 5.41) is 12.6. The summed E-state index contributed by atoms with van der Waals surface area (Å²) >= 11 is 6.24. The molecule has 0 amide bonds. The first-order chi connectivity index (χ1) is 10.2. The number of nitrogens with two attached hydrogens (primary N) is 1. The van der Waals surface area contributed by atoms with Crippen LogP contribution in [-0.4, -0.2) is 16.6 Å². The second-order valence-corrected chi connectivity index (χ2v) is 6.47. The van der Waals surface area contributed by atoms with E-state index in [-0.39, 0.29) is 5.41 Å². The van der Waals surface area contributed by atoms with Crippen LogP contribution in [-0.2, 0) is 0 Å². The summed E-state index contributed by atoms with van der Waals surface area (Å²) < 4.78 is 0. The number of hydrogen-bond acceptors (Lipinski definition) is 3. The first-order valence-electron chi connectivity index (χ1n) is 7.59. The molecule has 3 N–H and O–H groups in total. The Bertz CT molecular complexity index is 638. The number of rotatable bonds is 3. The summed E-state index contributed by atoms with van der Waals surface area (Å²) in [6, 6.07) is 7.55. The molecule has 1 fully saturated rings. The fourth-order valence-corrected chi connectivity index (χ4v) is 3.77. The number of fused-ring (bicyclic) bond motifs is 1. The second-order valence-electron chi connectivity index (χ2n) is 6.07. The molecule has 112 valence electrons. The Morgan fingerprint density at radius 1 is 1.24 bits per heavy atom. The van der Waals surface area contributed by atoms with Gasteiger partial charge < -0.3 is 10.8 Å². The lowest BCUT2D eigenvalue weighted by molar-refractivity contribution is 0.00156. The topological polar surface area (TPSA) is 59.1 Å². The number of benzene rings is 1. The number of hydrogen-bond donors (Lipinski definition) is 2. The van der Waals surface area contributed by atoms with Crippen molar-refractivity contribution >= 4 is 22.5 Å². The van der Waals surface area contributed by atoms with Crippen LogP contribution in [0.2, 0.25) is 5.02 Å². The Labute approximate surface area is 130 Å². The van der Waals surface area contributed by atoms with Gasteiger partial charge in [-0.05, 0) is 31.0 Å². The Morgan fingerprint density at radius 2 is 2.00 bits per heavy atom. The number of aromatic nitrogens is 1. The molecule has 1 heterocycles. The van der Waals surface area contributed by atoms with E-state index in [2.05, 4.69) is 4.98 Å². The van der Waals surface area contributed by atoms with Gasteiger partial charge in [0, 0.05) is 34.1 Å². The summed E-state index contributed by atoms with van der Waals surface area (Å²) in [5.41, 5.74) is 7.46. The van der Waals surface area contributed by atoms with Crippen molar-refractivity contribution in [3.63, 3.8) is 0 Å². The van der Waals surface area contributed by atoms with Crippen LogP contribution in [0, 0.1) is 5.41 Å². The van der Waals surface area contributed by atoms with Crippen molar-refractivity contribution in [3.8, 4) is 0 Å². The summed E-state index contributed by atoms with van der Waals surface area (Å²) in [6.45, 7) is 0.505. The molecule has 0 aliphatic heterocycles. The third-order valence-electron chi connectivity index (χ3n) is 4.88. The first kappa shape index (κ1) is 14.8. The Hall–Kier alpha value is -1.16. The lowest BCUT2D eigenvalue weighted by atomic mass is 9.68. The summed E-state index contributed by atoms with van der Waals surface area (Å²) in [6.07, 6.45) is 6.60.